The molecule has 0 unspecified atom stereocenters. The van der Waals surface area contributed by atoms with Crippen LogP contribution in [0.2, 0.25) is 5.02 Å². The zero-order valence-corrected chi connectivity index (χ0v) is 15.6. The Morgan fingerprint density at radius 2 is 2.23 bits per heavy atom. The summed E-state index contributed by atoms with van der Waals surface area (Å²) in [5.41, 5.74) is 1.08. The van der Waals surface area contributed by atoms with Crippen LogP contribution in [0.5, 0.6) is 11.5 Å². The van der Waals surface area contributed by atoms with Crippen molar-refractivity contribution in [1.29, 1.82) is 0 Å². The van der Waals surface area contributed by atoms with E-state index >= 15 is 0 Å². The van der Waals surface area contributed by atoms with Gasteiger partial charge in [0.2, 0.25) is 5.82 Å². The van der Waals surface area contributed by atoms with Gasteiger partial charge in [0.05, 0.1) is 24.3 Å². The highest BCUT2D eigenvalue weighted by atomic mass is 35.5. The highest BCUT2D eigenvalue weighted by Crippen LogP contribution is 2.36. The summed E-state index contributed by atoms with van der Waals surface area (Å²) in [6.07, 6.45) is 0. The number of carbonyl (C=O) groups is 1. The topological polar surface area (TPSA) is 83.7 Å². The Morgan fingerprint density at radius 3 is 2.92 bits per heavy atom. The quantitative estimate of drug-likeness (QED) is 0.555. The van der Waals surface area contributed by atoms with Crippen LogP contribution in [0.3, 0.4) is 0 Å². The Bertz CT molecular complexity index is 895. The van der Waals surface area contributed by atoms with E-state index in [1.165, 1.54) is 30.6 Å². The molecule has 3 aromatic rings. The summed E-state index contributed by atoms with van der Waals surface area (Å²) in [5.74, 6) is 0.782. The molecule has 3 rings (SSSR count). The van der Waals surface area contributed by atoms with Gasteiger partial charge in [-0.3, -0.25) is 0 Å². The third kappa shape index (κ3) is 3.97. The van der Waals surface area contributed by atoms with Crippen LogP contribution in [-0.4, -0.2) is 29.8 Å². The zero-order chi connectivity index (χ0) is 18.5. The van der Waals surface area contributed by atoms with Gasteiger partial charge in [-0.25, -0.2) is 4.79 Å². The standard InChI is InChI=1S/C17H15ClN2O5S/c1-3-23-15-12(18)6-11(7-13(15)22-2)17(21)24-8-14-19-16(20-25-14)10-4-5-26-9-10/h4-7,9H,3,8H2,1-2H3. The number of halogens is 1. The third-order valence-electron chi connectivity index (χ3n) is 3.33. The van der Waals surface area contributed by atoms with Crippen LogP contribution in [0.4, 0.5) is 0 Å². The third-order valence-corrected chi connectivity index (χ3v) is 4.29. The second kappa shape index (κ2) is 8.20. The van der Waals surface area contributed by atoms with E-state index in [1.807, 2.05) is 23.8 Å². The molecule has 0 bridgehead atoms. The lowest BCUT2D eigenvalue weighted by molar-refractivity contribution is 0.0429. The van der Waals surface area contributed by atoms with Gasteiger partial charge in [0.25, 0.3) is 5.89 Å². The summed E-state index contributed by atoms with van der Waals surface area (Å²) in [6, 6.07) is 4.84. The monoisotopic (exact) mass is 394 g/mol. The molecule has 26 heavy (non-hydrogen) atoms. The predicted octanol–water partition coefficient (Wildman–Crippen LogP) is 4.22. The number of aromatic nitrogens is 2. The number of hydrogen-bond donors (Lipinski definition) is 0. The van der Waals surface area contributed by atoms with Crippen molar-refractivity contribution in [2.45, 2.75) is 13.5 Å². The van der Waals surface area contributed by atoms with Crippen LogP contribution in [0.1, 0.15) is 23.2 Å². The van der Waals surface area contributed by atoms with Gasteiger partial charge in [0.15, 0.2) is 18.1 Å². The summed E-state index contributed by atoms with van der Waals surface area (Å²) >= 11 is 7.69. The summed E-state index contributed by atoms with van der Waals surface area (Å²) in [6.45, 7) is 2.10. The van der Waals surface area contributed by atoms with Crippen molar-refractivity contribution in [3.63, 3.8) is 0 Å². The molecule has 0 amide bonds. The van der Waals surface area contributed by atoms with Crippen molar-refractivity contribution < 1.29 is 23.5 Å². The maximum absolute atomic E-state index is 12.3. The first-order chi connectivity index (χ1) is 12.6. The average molecular weight is 395 g/mol. The maximum Gasteiger partial charge on any atom is 0.338 e. The van der Waals surface area contributed by atoms with Crippen LogP contribution in [0, 0.1) is 0 Å². The molecule has 1 aromatic carbocycles. The van der Waals surface area contributed by atoms with Crippen molar-refractivity contribution in [3.8, 4) is 22.9 Å². The smallest absolute Gasteiger partial charge is 0.338 e. The molecular formula is C17H15ClN2O5S. The molecule has 2 aromatic heterocycles. The van der Waals surface area contributed by atoms with E-state index in [1.54, 1.807) is 0 Å². The Labute approximate surface area is 158 Å². The Kier molecular flexibility index (Phi) is 5.75. The van der Waals surface area contributed by atoms with Gasteiger partial charge in [0.1, 0.15) is 0 Å². The highest BCUT2D eigenvalue weighted by Gasteiger charge is 2.18. The summed E-state index contributed by atoms with van der Waals surface area (Å²) in [5, 5.41) is 7.92. The Balaban J connectivity index is 1.69. The first kappa shape index (κ1) is 18.2. The molecular weight excluding hydrogens is 380 g/mol. The van der Waals surface area contributed by atoms with Crippen LogP contribution >= 0.6 is 22.9 Å². The van der Waals surface area contributed by atoms with Crippen molar-refractivity contribution in [2.75, 3.05) is 13.7 Å². The zero-order valence-electron chi connectivity index (χ0n) is 14.0. The molecule has 0 radical (unpaired) electrons. The van der Waals surface area contributed by atoms with Gasteiger partial charge in [-0.1, -0.05) is 16.8 Å². The van der Waals surface area contributed by atoms with Gasteiger partial charge in [-0.15, -0.1) is 0 Å². The number of esters is 1. The molecule has 0 aliphatic carbocycles. The number of benzene rings is 1. The molecule has 2 heterocycles. The first-order valence-electron chi connectivity index (χ1n) is 7.65. The minimum atomic E-state index is -0.594. The Morgan fingerprint density at radius 1 is 1.38 bits per heavy atom. The van der Waals surface area contributed by atoms with E-state index in [2.05, 4.69) is 10.1 Å². The second-order valence-corrected chi connectivity index (χ2v) is 6.21. The molecule has 0 saturated heterocycles. The maximum atomic E-state index is 12.3. The fraction of sp³-hybridized carbons (Fsp3) is 0.235. The van der Waals surface area contributed by atoms with E-state index < -0.39 is 5.97 Å². The van der Waals surface area contributed by atoms with Crippen LogP contribution in [0.15, 0.2) is 33.5 Å². The summed E-state index contributed by atoms with van der Waals surface area (Å²) < 4.78 is 20.9. The number of nitrogens with zero attached hydrogens (tertiary/aromatic N) is 2. The van der Waals surface area contributed by atoms with Crippen molar-refractivity contribution in [1.82, 2.24) is 10.1 Å². The average Bonchev–Trinajstić information content (AvgIpc) is 3.32. The van der Waals surface area contributed by atoms with E-state index in [-0.39, 0.29) is 23.1 Å². The molecule has 9 heteroatoms. The van der Waals surface area contributed by atoms with E-state index in [0.717, 1.165) is 5.56 Å². The number of carbonyl (C=O) groups excluding carboxylic acids is 1. The fourth-order valence-electron chi connectivity index (χ4n) is 2.16. The lowest BCUT2D eigenvalue weighted by atomic mass is 10.2. The molecule has 7 nitrogen and oxygen atoms in total. The molecule has 0 saturated carbocycles. The molecule has 0 fully saturated rings. The molecule has 0 aliphatic heterocycles. The van der Waals surface area contributed by atoms with E-state index in [4.69, 9.17) is 30.3 Å². The SMILES string of the molecule is CCOc1c(Cl)cc(C(=O)OCc2nc(-c3ccsc3)no2)cc1OC. The number of thiophene rings is 1. The number of methoxy groups -OCH3 is 1. The Hall–Kier alpha value is -2.58. The lowest BCUT2D eigenvalue weighted by Gasteiger charge is -2.12. The fourth-order valence-corrected chi connectivity index (χ4v) is 3.05. The number of ether oxygens (including phenoxy) is 3. The van der Waals surface area contributed by atoms with Gasteiger partial charge in [0, 0.05) is 10.9 Å². The van der Waals surface area contributed by atoms with Crippen LogP contribution in [-0.2, 0) is 11.3 Å². The minimum Gasteiger partial charge on any atom is -0.493 e. The summed E-state index contributed by atoms with van der Waals surface area (Å²) in [4.78, 5) is 16.5. The largest absolute Gasteiger partial charge is 0.493 e. The summed E-state index contributed by atoms with van der Waals surface area (Å²) in [7, 11) is 1.47. The van der Waals surface area contributed by atoms with Gasteiger partial charge in [-0.2, -0.15) is 16.3 Å². The van der Waals surface area contributed by atoms with Crippen molar-refractivity contribution >= 4 is 28.9 Å². The lowest BCUT2D eigenvalue weighted by Crippen LogP contribution is -2.07. The van der Waals surface area contributed by atoms with Crippen LogP contribution in [0.25, 0.3) is 11.4 Å². The normalized spacial score (nSPS) is 10.6. The van der Waals surface area contributed by atoms with Crippen molar-refractivity contribution in [3.05, 3.63) is 45.4 Å². The molecule has 0 atom stereocenters. The number of rotatable bonds is 7. The molecule has 0 spiro atoms. The van der Waals surface area contributed by atoms with Gasteiger partial charge in [-0.05, 0) is 30.5 Å². The van der Waals surface area contributed by atoms with Crippen molar-refractivity contribution in [2.24, 2.45) is 0 Å². The number of hydrogen-bond acceptors (Lipinski definition) is 8. The second-order valence-electron chi connectivity index (χ2n) is 5.02. The first-order valence-corrected chi connectivity index (χ1v) is 8.97. The molecule has 136 valence electrons. The van der Waals surface area contributed by atoms with E-state index in [0.29, 0.717) is 23.9 Å². The van der Waals surface area contributed by atoms with Gasteiger partial charge < -0.3 is 18.7 Å². The van der Waals surface area contributed by atoms with Crippen LogP contribution < -0.4 is 9.47 Å². The molecule has 0 aliphatic rings. The van der Waals surface area contributed by atoms with Gasteiger partial charge >= 0.3 is 5.97 Å². The molecule has 0 N–H and O–H groups in total. The van der Waals surface area contributed by atoms with E-state index in [9.17, 15) is 4.79 Å². The highest BCUT2D eigenvalue weighted by molar-refractivity contribution is 7.08. The minimum absolute atomic E-state index is 0.150. The predicted molar refractivity (Wildman–Crippen MR) is 95.9 cm³/mol.